The van der Waals surface area contributed by atoms with E-state index >= 15 is 0 Å². The molecule has 1 N–H and O–H groups in total. The first-order chi connectivity index (χ1) is 9.11. The van der Waals surface area contributed by atoms with Crippen LogP contribution in [-0.2, 0) is 4.74 Å². The van der Waals surface area contributed by atoms with Gasteiger partial charge < -0.3 is 14.4 Å². The van der Waals surface area contributed by atoms with Gasteiger partial charge in [0, 0.05) is 5.39 Å². The molecular weight excluding hydrogens is 253 g/mol. The highest BCUT2D eigenvalue weighted by molar-refractivity contribution is 5.92. The van der Waals surface area contributed by atoms with Gasteiger partial charge in [-0.3, -0.25) is 4.79 Å². The fraction of sp³-hybridized carbons (Fsp3) is 0.231. The van der Waals surface area contributed by atoms with Gasteiger partial charge in [-0.15, -0.1) is 0 Å². The average Bonchev–Trinajstić information content (AvgIpc) is 2.31. The van der Waals surface area contributed by atoms with Crippen LogP contribution in [0.4, 0.5) is 4.39 Å². The van der Waals surface area contributed by atoms with E-state index in [1.54, 1.807) is 18.2 Å². The molecule has 3 rings (SSSR count). The number of aromatic nitrogens is 1. The third kappa shape index (κ3) is 1.64. The number of carboxylic acids is 1. The summed E-state index contributed by atoms with van der Waals surface area (Å²) in [6, 6.07) is 6.12. The molecule has 1 aromatic carbocycles. The normalized spacial score (nSPS) is 15.4. The van der Waals surface area contributed by atoms with Gasteiger partial charge in [0.2, 0.25) is 11.4 Å². The first kappa shape index (κ1) is 11.9. The number of hydrogen-bond donors (Lipinski definition) is 1. The Bertz CT molecular complexity index is 733. The van der Waals surface area contributed by atoms with Gasteiger partial charge in [0.25, 0.3) is 0 Å². The molecule has 5 nitrogen and oxygen atoms in total. The molecule has 0 atom stereocenters. The summed E-state index contributed by atoms with van der Waals surface area (Å²) in [5.74, 6) is -2.56. The molecule has 19 heavy (non-hydrogen) atoms. The van der Waals surface area contributed by atoms with E-state index < -0.39 is 22.9 Å². The number of carbonyl (C=O) groups is 1. The topological polar surface area (TPSA) is 68.5 Å². The number of pyridine rings is 1. The Morgan fingerprint density at radius 2 is 2.05 bits per heavy atom. The van der Waals surface area contributed by atoms with Crippen molar-refractivity contribution in [1.29, 1.82) is 0 Å². The van der Waals surface area contributed by atoms with Crippen molar-refractivity contribution >= 4 is 16.9 Å². The van der Waals surface area contributed by atoms with Gasteiger partial charge in [-0.05, 0) is 12.1 Å². The van der Waals surface area contributed by atoms with E-state index in [2.05, 4.69) is 0 Å². The van der Waals surface area contributed by atoms with Gasteiger partial charge in [0.15, 0.2) is 5.56 Å². The quantitative estimate of drug-likeness (QED) is 0.832. The van der Waals surface area contributed by atoms with Crippen molar-refractivity contribution in [3.05, 3.63) is 46.0 Å². The Labute approximate surface area is 106 Å². The summed E-state index contributed by atoms with van der Waals surface area (Å²) >= 11 is 0. The highest BCUT2D eigenvalue weighted by Gasteiger charge is 2.29. The van der Waals surface area contributed by atoms with E-state index in [0.717, 1.165) is 0 Å². The summed E-state index contributed by atoms with van der Waals surface area (Å²) in [6.45, 7) is 0.617. The Hall–Kier alpha value is -2.21. The van der Waals surface area contributed by atoms with Gasteiger partial charge in [0.1, 0.15) is 0 Å². The van der Waals surface area contributed by atoms with Crippen LogP contribution in [0.2, 0.25) is 0 Å². The van der Waals surface area contributed by atoms with E-state index in [4.69, 9.17) is 9.84 Å². The number of hydrogen-bond acceptors (Lipinski definition) is 3. The molecule has 1 aliphatic rings. The van der Waals surface area contributed by atoms with E-state index in [1.165, 1.54) is 10.6 Å². The lowest BCUT2D eigenvalue weighted by atomic mass is 10.1. The maximum Gasteiger partial charge on any atom is 0.344 e. The van der Waals surface area contributed by atoms with E-state index in [-0.39, 0.29) is 11.4 Å². The number of fused-ring (bicyclic) bond motifs is 1. The van der Waals surface area contributed by atoms with Gasteiger partial charge in [-0.2, -0.15) is 4.39 Å². The lowest BCUT2D eigenvalue weighted by Crippen LogP contribution is -2.35. The molecule has 0 aliphatic carbocycles. The van der Waals surface area contributed by atoms with Crippen molar-refractivity contribution in [2.45, 2.75) is 6.04 Å². The van der Waals surface area contributed by atoms with Crippen LogP contribution in [0.3, 0.4) is 0 Å². The van der Waals surface area contributed by atoms with Crippen molar-refractivity contribution in [1.82, 2.24) is 4.57 Å². The molecule has 1 fully saturated rings. The molecule has 2 aromatic rings. The molecule has 0 bridgehead atoms. The number of halogens is 1. The van der Waals surface area contributed by atoms with Crippen LogP contribution in [0.1, 0.15) is 16.4 Å². The minimum atomic E-state index is -1.55. The third-order valence-electron chi connectivity index (χ3n) is 3.25. The van der Waals surface area contributed by atoms with Gasteiger partial charge in [-0.1, -0.05) is 12.1 Å². The predicted molar refractivity (Wildman–Crippen MR) is 65.0 cm³/mol. The minimum absolute atomic E-state index is 0.202. The molecule has 0 spiro atoms. The number of ether oxygens (including phenoxy) is 1. The molecule has 1 aliphatic heterocycles. The van der Waals surface area contributed by atoms with E-state index in [1.807, 2.05) is 0 Å². The summed E-state index contributed by atoms with van der Waals surface area (Å²) in [6.07, 6.45) is 0. The van der Waals surface area contributed by atoms with Crippen molar-refractivity contribution in [3.8, 4) is 0 Å². The fourth-order valence-electron chi connectivity index (χ4n) is 2.24. The molecule has 1 saturated heterocycles. The Balaban J connectivity index is 2.45. The molecule has 0 amide bonds. The molecule has 2 heterocycles. The monoisotopic (exact) mass is 263 g/mol. The first-order valence-corrected chi connectivity index (χ1v) is 5.75. The summed E-state index contributed by atoms with van der Waals surface area (Å²) in [7, 11) is 0. The molecule has 0 unspecified atom stereocenters. The van der Waals surface area contributed by atoms with Crippen molar-refractivity contribution in [3.63, 3.8) is 0 Å². The minimum Gasteiger partial charge on any atom is -0.477 e. The summed E-state index contributed by atoms with van der Waals surface area (Å²) in [5, 5.41) is 9.22. The number of nitrogens with zero attached hydrogens (tertiary/aromatic N) is 1. The van der Waals surface area contributed by atoms with Crippen LogP contribution in [-0.4, -0.2) is 28.9 Å². The van der Waals surface area contributed by atoms with Crippen LogP contribution in [0, 0.1) is 5.95 Å². The second kappa shape index (κ2) is 4.17. The number of carboxylic acid groups (broad SMARTS) is 1. The van der Waals surface area contributed by atoms with Crippen LogP contribution in [0.5, 0.6) is 0 Å². The second-order valence-electron chi connectivity index (χ2n) is 4.38. The number of benzene rings is 1. The Morgan fingerprint density at radius 3 is 2.63 bits per heavy atom. The van der Waals surface area contributed by atoms with Crippen molar-refractivity contribution in [2.75, 3.05) is 13.2 Å². The highest BCUT2D eigenvalue weighted by Crippen LogP contribution is 2.25. The largest absolute Gasteiger partial charge is 0.477 e. The lowest BCUT2D eigenvalue weighted by molar-refractivity contribution is -0.0260. The lowest BCUT2D eigenvalue weighted by Gasteiger charge is -2.30. The van der Waals surface area contributed by atoms with E-state index in [0.29, 0.717) is 18.7 Å². The summed E-state index contributed by atoms with van der Waals surface area (Å²) in [4.78, 5) is 23.1. The molecule has 6 heteroatoms. The Kier molecular flexibility index (Phi) is 2.60. The first-order valence-electron chi connectivity index (χ1n) is 5.75. The van der Waals surface area contributed by atoms with Crippen molar-refractivity contribution < 1.29 is 19.0 Å². The SMILES string of the molecule is O=C(O)c1c(F)n(C2COC2)c2ccccc2c1=O. The maximum atomic E-state index is 14.3. The predicted octanol–water partition coefficient (Wildman–Crippen LogP) is 1.41. The van der Waals surface area contributed by atoms with Gasteiger partial charge >= 0.3 is 5.97 Å². The highest BCUT2D eigenvalue weighted by atomic mass is 19.1. The molecule has 98 valence electrons. The summed E-state index contributed by atoms with van der Waals surface area (Å²) in [5.41, 5.74) is -1.22. The second-order valence-corrected chi connectivity index (χ2v) is 4.38. The van der Waals surface area contributed by atoms with Crippen LogP contribution >= 0.6 is 0 Å². The van der Waals surface area contributed by atoms with Crippen LogP contribution in [0.25, 0.3) is 10.9 Å². The van der Waals surface area contributed by atoms with Gasteiger partial charge in [-0.25, -0.2) is 4.79 Å². The zero-order valence-electron chi connectivity index (χ0n) is 9.80. The fourth-order valence-corrected chi connectivity index (χ4v) is 2.24. The van der Waals surface area contributed by atoms with Gasteiger partial charge in [0.05, 0.1) is 24.8 Å². The van der Waals surface area contributed by atoms with Crippen LogP contribution < -0.4 is 5.43 Å². The molecular formula is C13H10FNO4. The van der Waals surface area contributed by atoms with Crippen molar-refractivity contribution in [2.24, 2.45) is 0 Å². The average molecular weight is 263 g/mol. The zero-order valence-corrected chi connectivity index (χ0v) is 9.80. The zero-order chi connectivity index (χ0) is 13.6. The molecule has 0 radical (unpaired) electrons. The van der Waals surface area contributed by atoms with Crippen LogP contribution in [0.15, 0.2) is 29.1 Å². The van der Waals surface area contributed by atoms with E-state index in [9.17, 15) is 14.0 Å². The third-order valence-corrected chi connectivity index (χ3v) is 3.25. The maximum absolute atomic E-state index is 14.3. The molecule has 1 aromatic heterocycles. The molecule has 0 saturated carbocycles. The Morgan fingerprint density at radius 1 is 1.37 bits per heavy atom. The number of aromatic carboxylic acids is 1. The standard InChI is InChI=1S/C13H10FNO4/c14-12-10(13(17)18)11(16)8-3-1-2-4-9(8)15(12)7-5-19-6-7/h1-4,7H,5-6H2,(H,17,18). The smallest absolute Gasteiger partial charge is 0.344 e. The number of para-hydroxylation sites is 1. The number of rotatable bonds is 2. The summed E-state index contributed by atoms with van der Waals surface area (Å²) < 4.78 is 20.6.